The van der Waals surface area contributed by atoms with Crippen molar-refractivity contribution in [2.75, 3.05) is 6.61 Å². The van der Waals surface area contributed by atoms with E-state index in [1.165, 1.54) is 11.2 Å². The standard InChI is InChI=1S/C23H19ClN2O5/c1-2-30-15-7-8-18(24)17(11-15)21(27)19-20(14-5-3-9-25-12-14)26(23(29)22(19)28)13-16-6-4-10-31-16/h3-12,20,27H,2,13H2,1H3/b21-19+. The molecule has 2 aromatic heterocycles. The average Bonchev–Trinajstić information content (AvgIpc) is 3.38. The molecule has 1 amide bonds. The van der Waals surface area contributed by atoms with Gasteiger partial charge in [0, 0.05) is 18.0 Å². The lowest BCUT2D eigenvalue weighted by atomic mass is 9.96. The summed E-state index contributed by atoms with van der Waals surface area (Å²) < 4.78 is 10.9. The number of carbonyl (C=O) groups excluding carboxylic acids is 2. The number of ether oxygens (including phenoxy) is 1. The molecule has 0 aliphatic carbocycles. The van der Waals surface area contributed by atoms with Crippen LogP contribution in [0.1, 0.15) is 29.9 Å². The van der Waals surface area contributed by atoms with Crippen LogP contribution in [-0.2, 0) is 16.1 Å². The molecule has 3 aromatic rings. The molecule has 0 radical (unpaired) electrons. The lowest BCUT2D eigenvalue weighted by Gasteiger charge is -2.24. The molecular weight excluding hydrogens is 420 g/mol. The quantitative estimate of drug-likeness (QED) is 0.349. The summed E-state index contributed by atoms with van der Waals surface area (Å²) in [6.45, 7) is 2.31. The number of nitrogens with zero attached hydrogens (tertiary/aromatic N) is 2. The molecule has 1 fully saturated rings. The Balaban J connectivity index is 1.87. The Morgan fingerprint density at radius 2 is 2.10 bits per heavy atom. The van der Waals surface area contributed by atoms with E-state index in [0.29, 0.717) is 23.7 Å². The number of aliphatic hydroxyl groups excluding tert-OH is 1. The summed E-state index contributed by atoms with van der Waals surface area (Å²) in [5, 5.41) is 11.4. The van der Waals surface area contributed by atoms with Gasteiger partial charge < -0.3 is 19.2 Å². The first kappa shape index (κ1) is 20.7. The summed E-state index contributed by atoms with van der Waals surface area (Å²) in [6.07, 6.45) is 4.63. The third-order valence-corrected chi connectivity index (χ3v) is 5.28. The van der Waals surface area contributed by atoms with Crippen molar-refractivity contribution in [3.05, 3.63) is 88.6 Å². The molecule has 1 aliphatic rings. The second kappa shape index (κ2) is 8.65. The first-order valence-corrected chi connectivity index (χ1v) is 10.0. The molecule has 3 heterocycles. The molecule has 1 aliphatic heterocycles. The van der Waals surface area contributed by atoms with E-state index in [4.69, 9.17) is 20.8 Å². The number of furan rings is 1. The number of halogens is 1. The van der Waals surface area contributed by atoms with Crippen molar-refractivity contribution >= 4 is 29.1 Å². The van der Waals surface area contributed by atoms with Gasteiger partial charge in [-0.3, -0.25) is 14.6 Å². The van der Waals surface area contributed by atoms with Gasteiger partial charge >= 0.3 is 0 Å². The summed E-state index contributed by atoms with van der Waals surface area (Å²) >= 11 is 6.31. The molecule has 1 atom stereocenters. The molecule has 7 nitrogen and oxygen atoms in total. The Morgan fingerprint density at radius 3 is 2.77 bits per heavy atom. The van der Waals surface area contributed by atoms with E-state index in [1.807, 2.05) is 6.92 Å². The fourth-order valence-corrected chi connectivity index (χ4v) is 3.79. The topological polar surface area (TPSA) is 92.9 Å². The normalized spacial score (nSPS) is 17.9. The van der Waals surface area contributed by atoms with Crippen LogP contribution in [0.5, 0.6) is 5.75 Å². The summed E-state index contributed by atoms with van der Waals surface area (Å²) in [5.41, 5.74) is 0.713. The van der Waals surface area contributed by atoms with Crippen LogP contribution in [0.3, 0.4) is 0 Å². The van der Waals surface area contributed by atoms with Crippen molar-refractivity contribution in [1.29, 1.82) is 0 Å². The minimum absolute atomic E-state index is 0.0562. The van der Waals surface area contributed by atoms with Crippen LogP contribution < -0.4 is 4.74 Å². The van der Waals surface area contributed by atoms with Gasteiger partial charge in [0.2, 0.25) is 0 Å². The highest BCUT2D eigenvalue weighted by Crippen LogP contribution is 2.41. The van der Waals surface area contributed by atoms with E-state index in [9.17, 15) is 14.7 Å². The zero-order valence-electron chi connectivity index (χ0n) is 16.6. The fourth-order valence-electron chi connectivity index (χ4n) is 3.59. The minimum Gasteiger partial charge on any atom is -0.507 e. The van der Waals surface area contributed by atoms with Crippen LogP contribution in [0.25, 0.3) is 5.76 Å². The molecule has 1 unspecified atom stereocenters. The molecule has 0 saturated carbocycles. The zero-order chi connectivity index (χ0) is 22.0. The maximum atomic E-state index is 13.0. The van der Waals surface area contributed by atoms with Crippen molar-refractivity contribution in [3.63, 3.8) is 0 Å². The maximum Gasteiger partial charge on any atom is 0.296 e. The average molecular weight is 439 g/mol. The van der Waals surface area contributed by atoms with Gasteiger partial charge in [0.15, 0.2) is 0 Å². The molecule has 1 aromatic carbocycles. The van der Waals surface area contributed by atoms with Crippen molar-refractivity contribution in [2.45, 2.75) is 19.5 Å². The number of benzene rings is 1. The first-order chi connectivity index (χ1) is 15.0. The van der Waals surface area contributed by atoms with Crippen LogP contribution in [0.4, 0.5) is 0 Å². The second-order valence-corrected chi connectivity index (χ2v) is 7.27. The van der Waals surface area contributed by atoms with Gasteiger partial charge in [0.25, 0.3) is 11.7 Å². The van der Waals surface area contributed by atoms with Gasteiger partial charge in [0.05, 0.1) is 36.1 Å². The largest absolute Gasteiger partial charge is 0.507 e. The van der Waals surface area contributed by atoms with E-state index in [0.717, 1.165) is 0 Å². The van der Waals surface area contributed by atoms with E-state index >= 15 is 0 Å². The van der Waals surface area contributed by atoms with Crippen LogP contribution >= 0.6 is 11.6 Å². The van der Waals surface area contributed by atoms with Crippen molar-refractivity contribution in [1.82, 2.24) is 9.88 Å². The number of aromatic nitrogens is 1. The highest BCUT2D eigenvalue weighted by Gasteiger charge is 2.46. The molecule has 4 rings (SSSR count). The third-order valence-electron chi connectivity index (χ3n) is 4.95. The maximum absolute atomic E-state index is 13.0. The summed E-state index contributed by atoms with van der Waals surface area (Å²) in [4.78, 5) is 31.4. The smallest absolute Gasteiger partial charge is 0.296 e. The Morgan fingerprint density at radius 1 is 1.26 bits per heavy atom. The van der Waals surface area contributed by atoms with E-state index in [2.05, 4.69) is 4.98 Å². The molecule has 0 spiro atoms. The van der Waals surface area contributed by atoms with E-state index < -0.39 is 17.7 Å². The predicted octanol–water partition coefficient (Wildman–Crippen LogP) is 4.35. The van der Waals surface area contributed by atoms with Gasteiger partial charge in [-0.25, -0.2) is 0 Å². The molecule has 1 N–H and O–H groups in total. The number of aliphatic hydroxyl groups is 1. The lowest BCUT2D eigenvalue weighted by molar-refractivity contribution is -0.140. The molecular formula is C23H19ClN2O5. The number of Topliss-reactive ketones (excluding diaryl/α,β-unsaturated/α-hetero) is 1. The molecule has 31 heavy (non-hydrogen) atoms. The van der Waals surface area contributed by atoms with Crippen molar-refractivity contribution in [2.24, 2.45) is 0 Å². The SMILES string of the molecule is CCOc1ccc(Cl)c(/C(O)=C2\C(=O)C(=O)N(Cc3ccco3)C2c2cccnc2)c1. The van der Waals surface area contributed by atoms with Crippen molar-refractivity contribution in [3.8, 4) is 5.75 Å². The van der Waals surface area contributed by atoms with Crippen LogP contribution in [-0.4, -0.2) is 33.3 Å². The van der Waals surface area contributed by atoms with Crippen LogP contribution in [0.2, 0.25) is 5.02 Å². The summed E-state index contributed by atoms with van der Waals surface area (Å²) in [6, 6.07) is 10.8. The van der Waals surface area contributed by atoms with E-state index in [-0.39, 0.29) is 28.5 Å². The van der Waals surface area contributed by atoms with E-state index in [1.54, 1.807) is 54.9 Å². The van der Waals surface area contributed by atoms with Gasteiger partial charge in [0.1, 0.15) is 17.3 Å². The van der Waals surface area contributed by atoms with Crippen molar-refractivity contribution < 1.29 is 23.8 Å². The Kier molecular flexibility index (Phi) is 5.77. The molecule has 8 heteroatoms. The molecule has 0 bridgehead atoms. The van der Waals surface area contributed by atoms with Gasteiger partial charge in [-0.2, -0.15) is 0 Å². The molecule has 158 valence electrons. The summed E-state index contributed by atoms with van der Waals surface area (Å²) in [7, 11) is 0. The first-order valence-electron chi connectivity index (χ1n) is 9.64. The lowest BCUT2D eigenvalue weighted by Crippen LogP contribution is -2.29. The number of amides is 1. The monoisotopic (exact) mass is 438 g/mol. The van der Waals surface area contributed by atoms with Gasteiger partial charge in [-0.05, 0) is 48.9 Å². The van der Waals surface area contributed by atoms with Gasteiger partial charge in [-0.15, -0.1) is 0 Å². The Hall–Kier alpha value is -3.58. The fraction of sp³-hybridized carbons (Fsp3) is 0.174. The Bertz CT molecular complexity index is 1140. The number of likely N-dealkylation sites (tertiary alicyclic amines) is 1. The number of pyridine rings is 1. The number of carbonyl (C=O) groups is 2. The minimum atomic E-state index is -0.856. The highest BCUT2D eigenvalue weighted by molar-refractivity contribution is 6.46. The third kappa shape index (κ3) is 3.92. The predicted molar refractivity (Wildman–Crippen MR) is 113 cm³/mol. The zero-order valence-corrected chi connectivity index (χ0v) is 17.4. The van der Waals surface area contributed by atoms with Gasteiger partial charge in [-0.1, -0.05) is 17.7 Å². The summed E-state index contributed by atoms with van der Waals surface area (Å²) in [5.74, 6) is -0.941. The molecule has 1 saturated heterocycles. The number of rotatable bonds is 6. The Labute approximate surface area is 183 Å². The highest BCUT2D eigenvalue weighted by atomic mass is 35.5. The second-order valence-electron chi connectivity index (χ2n) is 6.87. The van der Waals surface area contributed by atoms with Crippen LogP contribution in [0, 0.1) is 0 Å². The number of ketones is 1. The number of hydrogen-bond acceptors (Lipinski definition) is 6. The van der Waals surface area contributed by atoms with Crippen LogP contribution in [0.15, 0.2) is 71.1 Å². The number of hydrogen-bond donors (Lipinski definition) is 1.